The number of hydrogen-bond acceptors (Lipinski definition) is 4. The van der Waals surface area contributed by atoms with E-state index in [4.69, 9.17) is 14.2 Å². The molecule has 4 nitrogen and oxygen atoms in total. The lowest BCUT2D eigenvalue weighted by Crippen LogP contribution is -2.29. The molecule has 0 heterocycles. The standard InChI is InChI=1S/C29H32O4/c1-3-18-33-28(29(30)31-4-2)20-21-13-15-22(16-14-21)32-19-17-27-25-11-7-5-9-23(25)24-10-6-8-12-26(24)27/h5-16,27-28H,3-4,17-20H2,1-2H3. The topological polar surface area (TPSA) is 44.8 Å². The van der Waals surface area contributed by atoms with Crippen LogP contribution < -0.4 is 4.74 Å². The van der Waals surface area contributed by atoms with Gasteiger partial charge in [0.1, 0.15) is 5.75 Å². The van der Waals surface area contributed by atoms with E-state index in [1.54, 1.807) is 0 Å². The van der Waals surface area contributed by atoms with Gasteiger partial charge in [0.05, 0.1) is 13.2 Å². The number of carbonyl (C=O) groups excluding carboxylic acids is 1. The molecule has 0 saturated carbocycles. The summed E-state index contributed by atoms with van der Waals surface area (Å²) in [5, 5.41) is 0. The third-order valence-electron chi connectivity index (χ3n) is 6.05. The molecule has 3 aromatic carbocycles. The zero-order valence-corrected chi connectivity index (χ0v) is 19.5. The molecule has 3 aromatic rings. The summed E-state index contributed by atoms with van der Waals surface area (Å²) in [6.45, 7) is 5.37. The van der Waals surface area contributed by atoms with Gasteiger partial charge in [-0.3, -0.25) is 0 Å². The number of esters is 1. The Morgan fingerprint density at radius 1 is 0.848 bits per heavy atom. The molecule has 172 valence electrons. The molecule has 0 N–H and O–H groups in total. The molecule has 0 aliphatic heterocycles. The average molecular weight is 445 g/mol. The Bertz CT molecular complexity index is 1010. The second-order valence-corrected chi connectivity index (χ2v) is 8.32. The number of ether oxygens (including phenoxy) is 3. The first kappa shape index (κ1) is 23.1. The Balaban J connectivity index is 1.35. The van der Waals surface area contributed by atoms with Gasteiger partial charge in [-0.05, 0) is 59.7 Å². The van der Waals surface area contributed by atoms with E-state index in [1.165, 1.54) is 22.3 Å². The molecule has 0 radical (unpaired) electrons. The zero-order valence-electron chi connectivity index (χ0n) is 19.5. The van der Waals surface area contributed by atoms with E-state index in [1.807, 2.05) is 38.1 Å². The second kappa shape index (κ2) is 11.2. The van der Waals surface area contributed by atoms with E-state index in [2.05, 4.69) is 48.5 Å². The molecule has 1 aliphatic rings. The van der Waals surface area contributed by atoms with E-state index >= 15 is 0 Å². The molecule has 1 atom stereocenters. The average Bonchev–Trinajstić information content (AvgIpc) is 3.17. The predicted octanol–water partition coefficient (Wildman–Crippen LogP) is 6.17. The fourth-order valence-corrected chi connectivity index (χ4v) is 4.51. The highest BCUT2D eigenvalue weighted by Crippen LogP contribution is 2.45. The van der Waals surface area contributed by atoms with Crippen LogP contribution in [0.1, 0.15) is 49.3 Å². The van der Waals surface area contributed by atoms with Crippen molar-refractivity contribution in [2.24, 2.45) is 0 Å². The Morgan fingerprint density at radius 2 is 1.48 bits per heavy atom. The quantitative estimate of drug-likeness (QED) is 0.332. The van der Waals surface area contributed by atoms with Gasteiger partial charge in [-0.15, -0.1) is 0 Å². The van der Waals surface area contributed by atoms with Gasteiger partial charge in [-0.2, -0.15) is 0 Å². The minimum absolute atomic E-state index is 0.302. The summed E-state index contributed by atoms with van der Waals surface area (Å²) in [4.78, 5) is 12.2. The molecule has 0 amide bonds. The third kappa shape index (κ3) is 5.45. The van der Waals surface area contributed by atoms with E-state index in [0.29, 0.717) is 32.2 Å². The Morgan fingerprint density at radius 3 is 2.09 bits per heavy atom. The summed E-state index contributed by atoms with van der Waals surface area (Å²) in [5.41, 5.74) is 6.47. The maximum absolute atomic E-state index is 12.2. The monoisotopic (exact) mass is 444 g/mol. The highest BCUT2D eigenvalue weighted by atomic mass is 16.6. The first-order valence-corrected chi connectivity index (χ1v) is 11.9. The van der Waals surface area contributed by atoms with Gasteiger partial charge in [0.25, 0.3) is 0 Å². The molecule has 1 unspecified atom stereocenters. The largest absolute Gasteiger partial charge is 0.494 e. The van der Waals surface area contributed by atoms with Crippen molar-refractivity contribution in [1.82, 2.24) is 0 Å². The van der Waals surface area contributed by atoms with Crippen LogP contribution in [0.25, 0.3) is 11.1 Å². The van der Waals surface area contributed by atoms with Crippen molar-refractivity contribution >= 4 is 5.97 Å². The van der Waals surface area contributed by atoms with Crippen molar-refractivity contribution < 1.29 is 19.0 Å². The van der Waals surface area contributed by atoms with Crippen LogP contribution in [0.4, 0.5) is 0 Å². The van der Waals surface area contributed by atoms with Crippen molar-refractivity contribution in [2.45, 2.75) is 45.1 Å². The van der Waals surface area contributed by atoms with Crippen LogP contribution in [0.3, 0.4) is 0 Å². The van der Waals surface area contributed by atoms with Crippen LogP contribution in [-0.2, 0) is 20.7 Å². The van der Waals surface area contributed by atoms with Crippen LogP contribution in [0.15, 0.2) is 72.8 Å². The smallest absolute Gasteiger partial charge is 0.335 e. The van der Waals surface area contributed by atoms with Gasteiger partial charge in [0.2, 0.25) is 0 Å². The first-order chi connectivity index (χ1) is 16.2. The Labute approximate surface area is 196 Å². The van der Waals surface area contributed by atoms with Crippen LogP contribution >= 0.6 is 0 Å². The molecular weight excluding hydrogens is 412 g/mol. The summed E-state index contributed by atoms with van der Waals surface area (Å²) < 4.78 is 17.0. The number of benzene rings is 3. The fourth-order valence-electron chi connectivity index (χ4n) is 4.51. The van der Waals surface area contributed by atoms with Gasteiger partial charge in [0.15, 0.2) is 6.10 Å². The van der Waals surface area contributed by atoms with Crippen molar-refractivity contribution in [2.75, 3.05) is 19.8 Å². The molecule has 0 fully saturated rings. The number of hydrogen-bond donors (Lipinski definition) is 0. The van der Waals surface area contributed by atoms with Gasteiger partial charge in [0, 0.05) is 18.9 Å². The Hall–Kier alpha value is -3.11. The molecule has 1 aliphatic carbocycles. The second-order valence-electron chi connectivity index (χ2n) is 8.32. The maximum atomic E-state index is 12.2. The summed E-state index contributed by atoms with van der Waals surface area (Å²) in [6.07, 6.45) is 1.71. The molecular formula is C29H32O4. The lowest BCUT2D eigenvalue weighted by Gasteiger charge is -2.17. The zero-order chi connectivity index (χ0) is 23.0. The van der Waals surface area contributed by atoms with Crippen molar-refractivity contribution in [3.8, 4) is 16.9 Å². The molecule has 0 bridgehead atoms. The van der Waals surface area contributed by atoms with Crippen LogP contribution in [-0.4, -0.2) is 31.9 Å². The van der Waals surface area contributed by atoms with Crippen LogP contribution in [0.5, 0.6) is 5.75 Å². The molecule has 0 saturated heterocycles. The lowest BCUT2D eigenvalue weighted by atomic mass is 9.94. The molecule has 0 spiro atoms. The lowest BCUT2D eigenvalue weighted by molar-refractivity contribution is -0.156. The van der Waals surface area contributed by atoms with E-state index in [9.17, 15) is 4.79 Å². The normalized spacial score (nSPS) is 13.3. The van der Waals surface area contributed by atoms with Crippen molar-refractivity contribution in [3.05, 3.63) is 89.5 Å². The minimum atomic E-state index is -0.570. The third-order valence-corrected chi connectivity index (χ3v) is 6.05. The predicted molar refractivity (Wildman–Crippen MR) is 131 cm³/mol. The summed E-state index contributed by atoms with van der Waals surface area (Å²) >= 11 is 0. The van der Waals surface area contributed by atoms with Gasteiger partial charge in [-0.25, -0.2) is 4.79 Å². The molecule has 0 aromatic heterocycles. The van der Waals surface area contributed by atoms with E-state index in [0.717, 1.165) is 24.2 Å². The SMILES string of the molecule is CCCOC(Cc1ccc(OCCC2c3ccccc3-c3ccccc32)cc1)C(=O)OCC. The summed E-state index contributed by atoms with van der Waals surface area (Å²) in [6, 6.07) is 25.3. The first-order valence-electron chi connectivity index (χ1n) is 11.9. The van der Waals surface area contributed by atoms with Crippen molar-refractivity contribution in [1.29, 1.82) is 0 Å². The maximum Gasteiger partial charge on any atom is 0.335 e. The number of carbonyl (C=O) groups is 1. The summed E-state index contributed by atoms with van der Waals surface area (Å²) in [5.74, 6) is 0.890. The molecule has 33 heavy (non-hydrogen) atoms. The number of rotatable bonds is 11. The summed E-state index contributed by atoms with van der Waals surface area (Å²) in [7, 11) is 0. The van der Waals surface area contributed by atoms with Gasteiger partial charge >= 0.3 is 5.97 Å². The van der Waals surface area contributed by atoms with E-state index in [-0.39, 0.29) is 5.97 Å². The van der Waals surface area contributed by atoms with Gasteiger partial charge < -0.3 is 14.2 Å². The Kier molecular flexibility index (Phi) is 7.79. The van der Waals surface area contributed by atoms with E-state index < -0.39 is 6.10 Å². The van der Waals surface area contributed by atoms with Crippen molar-refractivity contribution in [3.63, 3.8) is 0 Å². The van der Waals surface area contributed by atoms with Crippen LogP contribution in [0.2, 0.25) is 0 Å². The highest BCUT2D eigenvalue weighted by molar-refractivity contribution is 5.78. The fraction of sp³-hybridized carbons (Fsp3) is 0.345. The van der Waals surface area contributed by atoms with Crippen LogP contribution in [0, 0.1) is 0 Å². The number of fused-ring (bicyclic) bond motifs is 3. The minimum Gasteiger partial charge on any atom is -0.494 e. The molecule has 4 heteroatoms. The molecule has 4 rings (SSSR count). The van der Waals surface area contributed by atoms with Gasteiger partial charge in [-0.1, -0.05) is 67.6 Å². The highest BCUT2D eigenvalue weighted by Gasteiger charge is 2.27.